The third-order valence-corrected chi connectivity index (χ3v) is 1.73. The maximum atomic E-state index is 3.21. The third kappa shape index (κ3) is 18.7. The van der Waals surface area contributed by atoms with Crippen molar-refractivity contribution in [1.29, 1.82) is 0 Å². The van der Waals surface area contributed by atoms with Gasteiger partial charge in [0.25, 0.3) is 0 Å². The molecular formula is C15H20Cl2Zr-2. The molecule has 0 radical (unpaired) electrons. The normalized spacial score (nSPS) is 13.3. The predicted octanol–water partition coefficient (Wildman–Crippen LogP) is -1.86. The zero-order valence-electron chi connectivity index (χ0n) is 11.3. The van der Waals surface area contributed by atoms with Crippen LogP contribution in [0, 0.1) is 12.2 Å². The molecule has 0 aromatic rings. The van der Waals surface area contributed by atoms with Crippen LogP contribution in [-0.4, -0.2) is 3.21 Å². The molecule has 0 unspecified atom stereocenters. The van der Waals surface area contributed by atoms with Crippen LogP contribution in [0.4, 0.5) is 0 Å². The van der Waals surface area contributed by atoms with E-state index in [1.807, 2.05) is 12.2 Å². The van der Waals surface area contributed by atoms with E-state index in [2.05, 4.69) is 51.2 Å². The van der Waals surface area contributed by atoms with Crippen LogP contribution in [0.2, 0.25) is 0 Å². The van der Waals surface area contributed by atoms with Crippen LogP contribution in [0.1, 0.15) is 40.0 Å². The molecular weight excluding hydrogens is 342 g/mol. The predicted molar refractivity (Wildman–Crippen MR) is 68.7 cm³/mol. The molecule has 0 heterocycles. The van der Waals surface area contributed by atoms with E-state index in [4.69, 9.17) is 0 Å². The quantitative estimate of drug-likeness (QED) is 0.481. The Morgan fingerprint density at radius 3 is 2.00 bits per heavy atom. The van der Waals surface area contributed by atoms with Crippen molar-refractivity contribution in [2.45, 2.75) is 40.0 Å². The van der Waals surface area contributed by atoms with Gasteiger partial charge in [-0.15, -0.1) is 12.8 Å². The first-order chi connectivity index (χ1) is 7.66. The van der Waals surface area contributed by atoms with E-state index in [-0.39, 0.29) is 24.8 Å². The molecule has 0 saturated carbocycles. The average Bonchev–Trinajstić information content (AvgIpc) is 2.94. The maximum absolute atomic E-state index is 3.21. The van der Waals surface area contributed by atoms with Gasteiger partial charge in [0, 0.05) is 0 Å². The fourth-order valence-electron chi connectivity index (χ4n) is 1.03. The maximum Gasteiger partial charge on any atom is -0.109 e. The molecule has 2 rings (SSSR count). The summed E-state index contributed by atoms with van der Waals surface area (Å²) in [6.45, 7) is 6.40. The van der Waals surface area contributed by atoms with Crippen molar-refractivity contribution in [3.8, 4) is 0 Å². The largest absolute Gasteiger partial charge is 1.00 e. The summed E-state index contributed by atoms with van der Waals surface area (Å²) in [5.41, 5.74) is 1.36. The Balaban J connectivity index is -0.000000185. The van der Waals surface area contributed by atoms with Gasteiger partial charge in [-0.05, 0) is 0 Å². The summed E-state index contributed by atoms with van der Waals surface area (Å²) in [6.07, 6.45) is 19.7. The van der Waals surface area contributed by atoms with E-state index in [0.717, 1.165) is 19.3 Å². The van der Waals surface area contributed by atoms with Crippen molar-refractivity contribution in [3.05, 3.63) is 48.1 Å². The molecule has 0 saturated heterocycles. The van der Waals surface area contributed by atoms with E-state index in [1.54, 1.807) is 24.2 Å². The van der Waals surface area contributed by atoms with Crippen LogP contribution in [0.25, 0.3) is 0 Å². The second-order valence-electron chi connectivity index (χ2n) is 3.67. The van der Waals surface area contributed by atoms with E-state index < -0.39 is 0 Å². The van der Waals surface area contributed by atoms with Crippen LogP contribution in [0.15, 0.2) is 36.0 Å². The first kappa shape index (κ1) is 23.4. The average molecular weight is 362 g/mol. The molecule has 0 aliphatic heterocycles. The van der Waals surface area contributed by atoms with Crippen LogP contribution in [-0.2, 0) is 24.2 Å². The van der Waals surface area contributed by atoms with E-state index in [9.17, 15) is 0 Å². The second-order valence-corrected chi connectivity index (χ2v) is 6.12. The molecule has 100 valence electrons. The first-order valence-electron chi connectivity index (χ1n) is 5.66. The van der Waals surface area contributed by atoms with Crippen LogP contribution in [0.5, 0.6) is 0 Å². The number of rotatable bonds is 1. The fraction of sp³-hybridized carbons (Fsp3) is 0.400. The van der Waals surface area contributed by atoms with Gasteiger partial charge in [0.2, 0.25) is 0 Å². The number of hydrogen-bond acceptors (Lipinski definition) is 0. The molecule has 0 spiro atoms. The number of halogens is 2. The smallest absolute Gasteiger partial charge is 0.109 e. The Morgan fingerprint density at radius 1 is 1.22 bits per heavy atom. The Kier molecular flexibility index (Phi) is 22.5. The minimum Gasteiger partial charge on any atom is -1.00 e. The third-order valence-electron chi connectivity index (χ3n) is 1.73. The van der Waals surface area contributed by atoms with Gasteiger partial charge in [0.05, 0.1) is 0 Å². The Bertz CT molecular complexity index is 298. The van der Waals surface area contributed by atoms with Crippen molar-refractivity contribution in [3.63, 3.8) is 0 Å². The van der Waals surface area contributed by atoms with Gasteiger partial charge in [0.15, 0.2) is 0 Å². The summed E-state index contributed by atoms with van der Waals surface area (Å²) < 4.78 is 1.51. The molecule has 0 amide bonds. The van der Waals surface area contributed by atoms with Gasteiger partial charge < -0.3 is 24.8 Å². The summed E-state index contributed by atoms with van der Waals surface area (Å²) in [7, 11) is 0. The topological polar surface area (TPSA) is 0 Å². The number of allylic oxidation sites excluding steroid dienone is 8. The number of hydrogen-bond donors (Lipinski definition) is 0. The summed E-state index contributed by atoms with van der Waals surface area (Å²) >= 11 is 1.55. The van der Waals surface area contributed by atoms with Crippen LogP contribution >= 0.6 is 0 Å². The SMILES string of the molecule is CCC1=[C-]CC=C1.C[C](C)=[Zr+2].[C-]1=CC=CC1.[Cl-].[Cl-]. The molecule has 0 atom stereocenters. The second kappa shape index (κ2) is 17.3. The minimum absolute atomic E-state index is 0. The van der Waals surface area contributed by atoms with Gasteiger partial charge in [-0.1, -0.05) is 13.3 Å². The van der Waals surface area contributed by atoms with Crippen molar-refractivity contribution in [2.24, 2.45) is 0 Å². The van der Waals surface area contributed by atoms with Crippen molar-refractivity contribution in [1.82, 2.24) is 0 Å². The molecule has 0 aromatic carbocycles. The Labute approximate surface area is 139 Å². The van der Waals surface area contributed by atoms with Crippen molar-refractivity contribution in [2.75, 3.05) is 0 Å². The van der Waals surface area contributed by atoms with Crippen LogP contribution in [0.3, 0.4) is 0 Å². The van der Waals surface area contributed by atoms with Crippen molar-refractivity contribution >= 4 is 3.21 Å². The fourth-order valence-corrected chi connectivity index (χ4v) is 1.03. The van der Waals surface area contributed by atoms with E-state index in [0.29, 0.717) is 0 Å². The molecule has 0 nitrogen and oxygen atoms in total. The van der Waals surface area contributed by atoms with Crippen molar-refractivity contribution < 1.29 is 49.0 Å². The van der Waals surface area contributed by atoms with Gasteiger partial charge in [0.1, 0.15) is 0 Å². The zero-order chi connectivity index (χ0) is 12.2. The standard InChI is InChI=1S/C7H9.C5H5.C3H6.2ClH.Zr/c1-2-7-5-3-4-6-7;1-2-4-5-3-1;1-3-2;;;/h3,5H,2,4H2,1H3;1-3H,4H2;1-2H3;2*1H;/q2*-1;;;;+2/p-2. The van der Waals surface area contributed by atoms with Gasteiger partial charge in [-0.3, -0.25) is 12.2 Å². The minimum atomic E-state index is 0. The molecule has 0 N–H and O–H groups in total. The van der Waals surface area contributed by atoms with Crippen LogP contribution < -0.4 is 24.8 Å². The summed E-state index contributed by atoms with van der Waals surface area (Å²) in [5.74, 6) is 0. The molecule has 0 aromatic heterocycles. The molecule has 0 bridgehead atoms. The molecule has 3 heteroatoms. The molecule has 2 aliphatic rings. The van der Waals surface area contributed by atoms with Gasteiger partial charge in [-0.2, -0.15) is 12.2 Å². The summed E-state index contributed by atoms with van der Waals surface area (Å²) in [6, 6.07) is 0. The molecule has 2 aliphatic carbocycles. The summed E-state index contributed by atoms with van der Waals surface area (Å²) in [4.78, 5) is 0. The van der Waals surface area contributed by atoms with E-state index >= 15 is 0 Å². The Hall–Kier alpha value is 0.293. The summed E-state index contributed by atoms with van der Waals surface area (Å²) in [5, 5.41) is 0. The molecule has 18 heavy (non-hydrogen) atoms. The molecule has 0 fully saturated rings. The monoisotopic (exact) mass is 360 g/mol. The van der Waals surface area contributed by atoms with Gasteiger partial charge >= 0.3 is 41.3 Å². The Morgan fingerprint density at radius 2 is 1.83 bits per heavy atom. The van der Waals surface area contributed by atoms with Gasteiger partial charge in [-0.25, -0.2) is 23.8 Å². The first-order valence-corrected chi connectivity index (χ1v) is 6.89. The van der Waals surface area contributed by atoms with E-state index in [1.165, 1.54) is 8.78 Å². The zero-order valence-corrected chi connectivity index (χ0v) is 15.2.